The first-order valence-electron chi connectivity index (χ1n) is 8.62. The van der Waals surface area contributed by atoms with E-state index in [0.29, 0.717) is 29.9 Å². The van der Waals surface area contributed by atoms with Crippen LogP contribution >= 0.6 is 0 Å². The molecule has 7 nitrogen and oxygen atoms in total. The average Bonchev–Trinajstić information content (AvgIpc) is 3.27. The van der Waals surface area contributed by atoms with Crippen molar-refractivity contribution in [1.82, 2.24) is 25.9 Å². The van der Waals surface area contributed by atoms with Crippen molar-refractivity contribution in [3.8, 4) is 0 Å². The smallest absolute Gasteiger partial charge is 0.307 e. The molecule has 1 aliphatic rings. The van der Waals surface area contributed by atoms with Gasteiger partial charge in [-0.3, -0.25) is 4.79 Å². The van der Waals surface area contributed by atoms with Gasteiger partial charge in [0.2, 0.25) is 0 Å². The number of benzene rings is 1. The number of carboxylic acid groups (broad SMARTS) is 1. The number of aromatic nitrogens is 4. The molecule has 0 spiro atoms. The molecule has 3 N–H and O–H groups in total. The number of aliphatic carboxylic acids is 1. The van der Waals surface area contributed by atoms with Gasteiger partial charge >= 0.3 is 5.97 Å². The van der Waals surface area contributed by atoms with Crippen LogP contribution in [0.4, 0.5) is 4.39 Å². The predicted octanol–water partition coefficient (Wildman–Crippen LogP) is 2.01. The lowest BCUT2D eigenvalue weighted by atomic mass is 9.79. The number of nitrogens with zero attached hydrogens (tertiary/aromatic N) is 3. The lowest BCUT2D eigenvalue weighted by Gasteiger charge is -2.25. The van der Waals surface area contributed by atoms with Crippen LogP contribution in [0.3, 0.4) is 0 Å². The number of carboxylic acids is 1. The van der Waals surface area contributed by atoms with Gasteiger partial charge in [-0.15, -0.1) is 5.10 Å². The first kappa shape index (κ1) is 18.2. The average molecular weight is 359 g/mol. The molecule has 0 saturated carbocycles. The molecule has 1 aromatic heterocycles. The summed E-state index contributed by atoms with van der Waals surface area (Å²) in [5, 5.41) is 26.5. The minimum atomic E-state index is -0.916. The van der Waals surface area contributed by atoms with Crippen LogP contribution in [0.15, 0.2) is 24.3 Å². The quantitative estimate of drug-likeness (QED) is 0.699. The summed E-state index contributed by atoms with van der Waals surface area (Å²) >= 11 is 0. The molecule has 0 fully saturated rings. The summed E-state index contributed by atoms with van der Waals surface area (Å²) in [7, 11) is 0. The molecule has 0 saturated heterocycles. The Hall–Kier alpha value is -2.61. The van der Waals surface area contributed by atoms with E-state index >= 15 is 0 Å². The van der Waals surface area contributed by atoms with Crippen molar-refractivity contribution in [1.29, 1.82) is 0 Å². The number of halogens is 1. The molecule has 1 aliphatic heterocycles. The van der Waals surface area contributed by atoms with E-state index in [2.05, 4.69) is 25.9 Å². The van der Waals surface area contributed by atoms with Gasteiger partial charge in [0, 0.05) is 24.6 Å². The highest BCUT2D eigenvalue weighted by Crippen LogP contribution is 2.32. The maximum absolute atomic E-state index is 14.6. The largest absolute Gasteiger partial charge is 0.481 e. The Balaban J connectivity index is 1.89. The standard InChI is InChI=1S/C18H22FN5O2/c1-10(2)16(18(25)26)14(17-21-23-24-22-17)7-11-3-4-13(15(19)8-11)12-5-6-20-9-12/h3-5,8,10,14,16,20H,6-7,9H2,1-2H3,(H,25,26)(H,21,22,23,24)/t14-,16-/m0/s1. The van der Waals surface area contributed by atoms with E-state index in [1.165, 1.54) is 6.07 Å². The molecule has 3 rings (SSSR count). The summed E-state index contributed by atoms with van der Waals surface area (Å²) < 4.78 is 14.6. The third kappa shape index (κ3) is 3.80. The van der Waals surface area contributed by atoms with Crippen molar-refractivity contribution in [3.05, 3.63) is 47.0 Å². The van der Waals surface area contributed by atoms with Crippen LogP contribution < -0.4 is 5.32 Å². The van der Waals surface area contributed by atoms with E-state index < -0.39 is 17.8 Å². The number of aromatic amines is 1. The molecule has 2 heterocycles. The van der Waals surface area contributed by atoms with Crippen molar-refractivity contribution in [2.75, 3.05) is 13.1 Å². The predicted molar refractivity (Wildman–Crippen MR) is 93.8 cm³/mol. The molecule has 1 aromatic carbocycles. The second-order valence-corrected chi connectivity index (χ2v) is 6.88. The van der Waals surface area contributed by atoms with E-state index in [1.807, 2.05) is 26.0 Å². The Bertz CT molecular complexity index is 804. The Morgan fingerprint density at radius 3 is 2.73 bits per heavy atom. The van der Waals surface area contributed by atoms with Gasteiger partial charge in [-0.2, -0.15) is 0 Å². The van der Waals surface area contributed by atoms with Gasteiger partial charge in [-0.1, -0.05) is 32.1 Å². The van der Waals surface area contributed by atoms with E-state index in [9.17, 15) is 14.3 Å². The van der Waals surface area contributed by atoms with Crippen LogP contribution in [0, 0.1) is 17.7 Å². The van der Waals surface area contributed by atoms with Gasteiger partial charge in [-0.05, 0) is 40.0 Å². The summed E-state index contributed by atoms with van der Waals surface area (Å²) in [6.45, 7) is 5.08. The Morgan fingerprint density at radius 2 is 2.19 bits per heavy atom. The third-order valence-corrected chi connectivity index (χ3v) is 4.79. The minimum absolute atomic E-state index is 0.124. The minimum Gasteiger partial charge on any atom is -0.481 e. The number of rotatable bonds is 7. The Labute approximate surface area is 150 Å². The maximum atomic E-state index is 14.6. The molecule has 0 amide bonds. The fourth-order valence-electron chi connectivity index (χ4n) is 3.52. The van der Waals surface area contributed by atoms with Crippen LogP contribution in [-0.4, -0.2) is 44.8 Å². The third-order valence-electron chi connectivity index (χ3n) is 4.79. The molecule has 0 aliphatic carbocycles. The highest BCUT2D eigenvalue weighted by atomic mass is 19.1. The zero-order chi connectivity index (χ0) is 18.7. The number of nitrogens with one attached hydrogen (secondary N) is 2. The molecule has 26 heavy (non-hydrogen) atoms. The van der Waals surface area contributed by atoms with Gasteiger partial charge in [0.05, 0.1) is 5.92 Å². The van der Waals surface area contributed by atoms with E-state index in [4.69, 9.17) is 0 Å². The lowest BCUT2D eigenvalue weighted by molar-refractivity contribution is -0.144. The van der Waals surface area contributed by atoms with Crippen LogP contribution in [-0.2, 0) is 11.2 Å². The number of carbonyl (C=O) groups is 1. The van der Waals surface area contributed by atoms with Gasteiger partial charge < -0.3 is 10.4 Å². The lowest BCUT2D eigenvalue weighted by Crippen LogP contribution is -2.29. The van der Waals surface area contributed by atoms with Crippen LogP contribution in [0.25, 0.3) is 5.57 Å². The summed E-state index contributed by atoms with van der Waals surface area (Å²) in [5.41, 5.74) is 2.23. The first-order valence-corrected chi connectivity index (χ1v) is 8.62. The molecule has 0 bridgehead atoms. The maximum Gasteiger partial charge on any atom is 0.307 e. The van der Waals surface area contributed by atoms with E-state index in [1.54, 1.807) is 6.07 Å². The molecule has 2 aromatic rings. The molecular formula is C18H22FN5O2. The van der Waals surface area contributed by atoms with Crippen LogP contribution in [0.5, 0.6) is 0 Å². The number of tetrazole rings is 1. The van der Waals surface area contributed by atoms with Gasteiger partial charge in [-0.25, -0.2) is 9.49 Å². The zero-order valence-electron chi connectivity index (χ0n) is 14.7. The van der Waals surface area contributed by atoms with E-state index in [0.717, 1.165) is 12.1 Å². The molecular weight excluding hydrogens is 337 g/mol. The topological polar surface area (TPSA) is 104 Å². The molecule has 0 unspecified atom stereocenters. The molecule has 0 radical (unpaired) electrons. The highest BCUT2D eigenvalue weighted by Gasteiger charge is 2.34. The van der Waals surface area contributed by atoms with Crippen molar-refractivity contribution in [3.63, 3.8) is 0 Å². The Kier molecular flexibility index (Phi) is 5.41. The van der Waals surface area contributed by atoms with Crippen LogP contribution in [0.1, 0.15) is 36.7 Å². The molecule has 2 atom stereocenters. The number of hydrogen-bond donors (Lipinski definition) is 3. The Morgan fingerprint density at radius 1 is 1.38 bits per heavy atom. The second-order valence-electron chi connectivity index (χ2n) is 6.88. The number of hydrogen-bond acceptors (Lipinski definition) is 5. The summed E-state index contributed by atoms with van der Waals surface area (Å²) in [4.78, 5) is 11.8. The normalized spacial score (nSPS) is 16.5. The second kappa shape index (κ2) is 7.74. The zero-order valence-corrected chi connectivity index (χ0v) is 14.7. The van der Waals surface area contributed by atoms with Gasteiger partial charge in [0.1, 0.15) is 5.82 Å². The van der Waals surface area contributed by atoms with Crippen molar-refractivity contribution in [2.24, 2.45) is 11.8 Å². The van der Waals surface area contributed by atoms with Crippen LogP contribution in [0.2, 0.25) is 0 Å². The number of H-pyrrole nitrogens is 1. The fourth-order valence-corrected chi connectivity index (χ4v) is 3.52. The van der Waals surface area contributed by atoms with Gasteiger partial charge in [0.15, 0.2) is 5.82 Å². The SMILES string of the molecule is CC(C)[C@H](C(=O)O)[C@H](Cc1ccc(C2=CCNC2)c(F)c1)c1nnn[nH]1. The van der Waals surface area contributed by atoms with Crippen molar-refractivity contribution >= 4 is 11.5 Å². The summed E-state index contributed by atoms with van der Waals surface area (Å²) in [6.07, 6.45) is 2.31. The molecule has 8 heteroatoms. The monoisotopic (exact) mass is 359 g/mol. The summed E-state index contributed by atoms with van der Waals surface area (Å²) in [6, 6.07) is 5.07. The van der Waals surface area contributed by atoms with Crippen molar-refractivity contribution < 1.29 is 14.3 Å². The van der Waals surface area contributed by atoms with Gasteiger partial charge in [0.25, 0.3) is 0 Å². The first-order chi connectivity index (χ1) is 12.5. The fraction of sp³-hybridized carbons (Fsp3) is 0.444. The highest BCUT2D eigenvalue weighted by molar-refractivity contribution is 5.72. The molecule has 138 valence electrons. The van der Waals surface area contributed by atoms with E-state index in [-0.39, 0.29) is 11.7 Å². The summed E-state index contributed by atoms with van der Waals surface area (Å²) in [5.74, 6) is -2.10. The van der Waals surface area contributed by atoms with Crippen molar-refractivity contribution in [2.45, 2.75) is 26.2 Å².